The molecular formula is C8H4BrF3O. The van der Waals surface area contributed by atoms with Crippen LogP contribution in [-0.4, -0.2) is 5.78 Å². The van der Waals surface area contributed by atoms with Gasteiger partial charge in [-0.1, -0.05) is 0 Å². The first-order valence-corrected chi connectivity index (χ1v) is 4.08. The van der Waals surface area contributed by atoms with Crippen LogP contribution in [0.4, 0.5) is 13.2 Å². The summed E-state index contributed by atoms with van der Waals surface area (Å²) in [6.07, 6.45) is 0. The Bertz CT molecular complexity index is 376. The molecule has 0 radical (unpaired) electrons. The van der Waals surface area contributed by atoms with Crippen LogP contribution in [0.5, 0.6) is 0 Å². The smallest absolute Gasteiger partial charge is 0.175 e. The zero-order valence-corrected chi connectivity index (χ0v) is 8.08. The van der Waals surface area contributed by atoms with Crippen molar-refractivity contribution in [2.75, 3.05) is 0 Å². The molecule has 0 aliphatic rings. The molecular weight excluding hydrogens is 249 g/mol. The second kappa shape index (κ2) is 3.49. The van der Waals surface area contributed by atoms with Crippen molar-refractivity contribution in [1.82, 2.24) is 0 Å². The number of halogens is 4. The number of benzene rings is 1. The summed E-state index contributed by atoms with van der Waals surface area (Å²) in [6.45, 7) is 1.07. The lowest BCUT2D eigenvalue weighted by Crippen LogP contribution is -2.02. The van der Waals surface area contributed by atoms with Gasteiger partial charge in [-0.3, -0.25) is 4.79 Å². The minimum Gasteiger partial charge on any atom is -0.294 e. The van der Waals surface area contributed by atoms with E-state index in [4.69, 9.17) is 0 Å². The van der Waals surface area contributed by atoms with Crippen LogP contribution >= 0.6 is 15.9 Å². The summed E-state index contributed by atoms with van der Waals surface area (Å²) in [4.78, 5) is 10.7. The molecule has 1 aromatic rings. The van der Waals surface area contributed by atoms with Crippen molar-refractivity contribution in [3.63, 3.8) is 0 Å². The molecule has 5 heteroatoms. The molecule has 0 aliphatic carbocycles. The summed E-state index contributed by atoms with van der Waals surface area (Å²) in [7, 11) is 0. The van der Waals surface area contributed by atoms with Crippen LogP contribution < -0.4 is 0 Å². The van der Waals surface area contributed by atoms with Crippen LogP contribution in [0, 0.1) is 17.5 Å². The van der Waals surface area contributed by atoms with Gasteiger partial charge in [0.1, 0.15) is 0 Å². The van der Waals surface area contributed by atoms with Crippen LogP contribution in [-0.2, 0) is 0 Å². The quantitative estimate of drug-likeness (QED) is 0.427. The fourth-order valence-electron chi connectivity index (χ4n) is 0.829. The minimum atomic E-state index is -1.33. The van der Waals surface area contributed by atoms with E-state index in [2.05, 4.69) is 15.9 Å². The molecule has 0 aliphatic heterocycles. The van der Waals surface area contributed by atoms with Gasteiger partial charge in [-0.25, -0.2) is 13.2 Å². The van der Waals surface area contributed by atoms with Crippen molar-refractivity contribution in [3.05, 3.63) is 33.6 Å². The third kappa shape index (κ3) is 1.75. The summed E-state index contributed by atoms with van der Waals surface area (Å²) in [6, 6.07) is 0.539. The van der Waals surface area contributed by atoms with E-state index in [0.29, 0.717) is 6.07 Å². The maximum Gasteiger partial charge on any atom is 0.175 e. The highest BCUT2D eigenvalue weighted by Gasteiger charge is 2.18. The van der Waals surface area contributed by atoms with Gasteiger partial charge in [-0.05, 0) is 28.9 Å². The molecule has 0 saturated heterocycles. The van der Waals surface area contributed by atoms with Crippen molar-refractivity contribution >= 4 is 21.7 Å². The molecule has 0 amide bonds. The lowest BCUT2D eigenvalue weighted by atomic mass is 10.1. The van der Waals surface area contributed by atoms with E-state index in [9.17, 15) is 18.0 Å². The van der Waals surface area contributed by atoms with Crippen molar-refractivity contribution in [3.8, 4) is 0 Å². The van der Waals surface area contributed by atoms with E-state index in [1.165, 1.54) is 0 Å². The molecule has 70 valence electrons. The van der Waals surface area contributed by atoms with Gasteiger partial charge in [-0.15, -0.1) is 0 Å². The molecule has 13 heavy (non-hydrogen) atoms. The molecule has 0 heterocycles. The molecule has 0 spiro atoms. The highest BCUT2D eigenvalue weighted by molar-refractivity contribution is 9.10. The van der Waals surface area contributed by atoms with Gasteiger partial charge in [0.05, 0.1) is 10.0 Å². The fraction of sp³-hybridized carbons (Fsp3) is 0.125. The fourth-order valence-corrected chi connectivity index (χ4v) is 1.23. The van der Waals surface area contributed by atoms with Crippen molar-refractivity contribution in [2.24, 2.45) is 0 Å². The number of hydrogen-bond acceptors (Lipinski definition) is 1. The molecule has 0 saturated carbocycles. The Labute approximate surface area is 80.7 Å². The highest BCUT2D eigenvalue weighted by Crippen LogP contribution is 2.25. The summed E-state index contributed by atoms with van der Waals surface area (Å²) in [5.74, 6) is -4.32. The molecule has 1 aromatic carbocycles. The first-order chi connectivity index (χ1) is 5.95. The van der Waals surface area contributed by atoms with Crippen LogP contribution in [0.1, 0.15) is 17.3 Å². The monoisotopic (exact) mass is 252 g/mol. The second-order valence-electron chi connectivity index (χ2n) is 2.40. The second-order valence-corrected chi connectivity index (χ2v) is 3.20. The topological polar surface area (TPSA) is 17.1 Å². The summed E-state index contributed by atoms with van der Waals surface area (Å²) >= 11 is 2.51. The van der Waals surface area contributed by atoms with E-state index >= 15 is 0 Å². The molecule has 0 unspecified atom stereocenters. The van der Waals surface area contributed by atoms with E-state index in [0.717, 1.165) is 6.92 Å². The van der Waals surface area contributed by atoms with Gasteiger partial charge in [0.15, 0.2) is 23.2 Å². The predicted molar refractivity (Wildman–Crippen MR) is 44.0 cm³/mol. The number of carbonyl (C=O) groups is 1. The number of hydrogen-bond donors (Lipinski definition) is 0. The zero-order valence-electron chi connectivity index (χ0n) is 6.50. The SMILES string of the molecule is CC(=O)c1cc(F)c(F)c(Br)c1F. The van der Waals surface area contributed by atoms with E-state index in [1.807, 2.05) is 0 Å². The molecule has 0 atom stereocenters. The van der Waals surface area contributed by atoms with E-state index in [1.54, 1.807) is 0 Å². The van der Waals surface area contributed by atoms with Gasteiger partial charge in [0, 0.05) is 0 Å². The molecule has 1 nitrogen and oxygen atoms in total. The first kappa shape index (κ1) is 10.2. The van der Waals surface area contributed by atoms with Crippen molar-refractivity contribution in [2.45, 2.75) is 6.92 Å². The Balaban J connectivity index is 3.50. The summed E-state index contributed by atoms with van der Waals surface area (Å²) < 4.78 is 37.7. The van der Waals surface area contributed by atoms with Crippen molar-refractivity contribution in [1.29, 1.82) is 0 Å². The largest absolute Gasteiger partial charge is 0.294 e. The average molecular weight is 253 g/mol. The number of Topliss-reactive ketones (excluding diaryl/α,β-unsaturated/α-hetero) is 1. The van der Waals surface area contributed by atoms with Crippen molar-refractivity contribution < 1.29 is 18.0 Å². The Hall–Kier alpha value is -0.840. The third-order valence-corrected chi connectivity index (χ3v) is 2.18. The highest BCUT2D eigenvalue weighted by atomic mass is 79.9. The first-order valence-electron chi connectivity index (χ1n) is 3.29. The van der Waals surface area contributed by atoms with Crippen LogP contribution in [0.25, 0.3) is 0 Å². The third-order valence-electron chi connectivity index (χ3n) is 1.48. The molecule has 1 rings (SSSR count). The van der Waals surface area contributed by atoms with Crippen LogP contribution in [0.2, 0.25) is 0 Å². The van der Waals surface area contributed by atoms with Gasteiger partial charge >= 0.3 is 0 Å². The molecule has 0 aromatic heterocycles. The number of carbonyl (C=O) groups excluding carboxylic acids is 1. The Kier molecular flexibility index (Phi) is 2.75. The minimum absolute atomic E-state index is 0.467. The summed E-state index contributed by atoms with van der Waals surface area (Å²) in [5, 5.41) is 0. The van der Waals surface area contributed by atoms with E-state index < -0.39 is 33.3 Å². The number of ketones is 1. The van der Waals surface area contributed by atoms with Crippen LogP contribution in [0.15, 0.2) is 10.5 Å². The summed E-state index contributed by atoms with van der Waals surface area (Å²) in [5.41, 5.74) is -0.467. The number of rotatable bonds is 1. The molecule has 0 fully saturated rings. The maximum absolute atomic E-state index is 13.0. The zero-order chi connectivity index (χ0) is 10.2. The Morgan fingerprint density at radius 2 is 1.85 bits per heavy atom. The van der Waals surface area contributed by atoms with Gasteiger partial charge < -0.3 is 0 Å². The van der Waals surface area contributed by atoms with Gasteiger partial charge in [0.2, 0.25) is 0 Å². The standard InChI is InChI=1S/C8H4BrF3O/c1-3(13)4-2-5(10)8(12)6(9)7(4)11/h2H,1H3. The molecule has 0 N–H and O–H groups in total. The van der Waals surface area contributed by atoms with Gasteiger partial charge in [0.25, 0.3) is 0 Å². The Morgan fingerprint density at radius 3 is 2.31 bits per heavy atom. The predicted octanol–water partition coefficient (Wildman–Crippen LogP) is 3.07. The normalized spacial score (nSPS) is 10.2. The lowest BCUT2D eigenvalue weighted by molar-refractivity contribution is 0.101. The van der Waals surface area contributed by atoms with Gasteiger partial charge in [-0.2, -0.15) is 0 Å². The van der Waals surface area contributed by atoms with Crippen LogP contribution in [0.3, 0.4) is 0 Å². The average Bonchev–Trinajstić information content (AvgIpc) is 2.07. The lowest BCUT2D eigenvalue weighted by Gasteiger charge is -2.02. The van der Waals surface area contributed by atoms with E-state index in [-0.39, 0.29) is 0 Å². The molecule has 0 bridgehead atoms. The maximum atomic E-state index is 13.0. The Morgan fingerprint density at radius 1 is 1.31 bits per heavy atom.